The number of benzene rings is 1. The standard InChI is InChI=1S/C14H15N3O3/c1-10-3-2-4-11(5-10)6-13(18)16-12-7-15-17(8-12)9-14(19)20/h2-5,7-8H,6,9H2,1H3,(H,16,18)(H,19,20). The SMILES string of the molecule is Cc1cccc(CC(=O)Nc2cnn(CC(=O)O)c2)c1. The van der Waals surface area contributed by atoms with Gasteiger partial charge in [-0.15, -0.1) is 0 Å². The number of anilines is 1. The van der Waals surface area contributed by atoms with Gasteiger partial charge < -0.3 is 10.4 Å². The summed E-state index contributed by atoms with van der Waals surface area (Å²) in [7, 11) is 0. The van der Waals surface area contributed by atoms with Crippen molar-refractivity contribution in [1.29, 1.82) is 0 Å². The van der Waals surface area contributed by atoms with Gasteiger partial charge in [0.1, 0.15) is 6.54 Å². The topological polar surface area (TPSA) is 84.2 Å². The Kier molecular flexibility index (Phi) is 4.14. The second-order valence-electron chi connectivity index (χ2n) is 4.53. The van der Waals surface area contributed by atoms with Gasteiger partial charge in [0.15, 0.2) is 0 Å². The first-order chi connectivity index (χ1) is 9.52. The predicted octanol–water partition coefficient (Wildman–Crippen LogP) is 1.46. The number of hydrogen-bond donors (Lipinski definition) is 2. The minimum atomic E-state index is -0.981. The molecule has 0 aliphatic heterocycles. The van der Waals surface area contributed by atoms with Gasteiger partial charge in [-0.3, -0.25) is 14.3 Å². The fourth-order valence-electron chi connectivity index (χ4n) is 1.87. The zero-order chi connectivity index (χ0) is 14.5. The summed E-state index contributed by atoms with van der Waals surface area (Å²) in [4.78, 5) is 22.4. The number of carboxylic acid groups (broad SMARTS) is 1. The molecule has 0 bridgehead atoms. The quantitative estimate of drug-likeness (QED) is 0.863. The van der Waals surface area contributed by atoms with Crippen molar-refractivity contribution in [2.75, 3.05) is 5.32 Å². The zero-order valence-corrected chi connectivity index (χ0v) is 11.0. The number of aliphatic carboxylic acids is 1. The molecule has 0 saturated carbocycles. The van der Waals surface area contributed by atoms with E-state index in [9.17, 15) is 9.59 Å². The Labute approximate surface area is 116 Å². The summed E-state index contributed by atoms with van der Waals surface area (Å²) < 4.78 is 1.25. The molecule has 1 heterocycles. The highest BCUT2D eigenvalue weighted by Crippen LogP contribution is 2.08. The van der Waals surface area contributed by atoms with Gasteiger partial charge in [0.2, 0.25) is 5.91 Å². The van der Waals surface area contributed by atoms with E-state index in [-0.39, 0.29) is 18.9 Å². The molecule has 104 valence electrons. The predicted molar refractivity (Wildman–Crippen MR) is 73.4 cm³/mol. The second-order valence-corrected chi connectivity index (χ2v) is 4.53. The summed E-state index contributed by atoms with van der Waals surface area (Å²) in [5, 5.41) is 15.2. The van der Waals surface area contributed by atoms with Crippen LogP contribution in [-0.4, -0.2) is 26.8 Å². The molecule has 1 amide bonds. The van der Waals surface area contributed by atoms with Crippen LogP contribution in [0.2, 0.25) is 0 Å². The lowest BCUT2D eigenvalue weighted by Gasteiger charge is -2.03. The molecule has 2 rings (SSSR count). The van der Waals surface area contributed by atoms with Gasteiger partial charge in [0, 0.05) is 6.20 Å². The van der Waals surface area contributed by atoms with Crippen molar-refractivity contribution in [3.8, 4) is 0 Å². The number of nitrogens with zero attached hydrogens (tertiary/aromatic N) is 2. The van der Waals surface area contributed by atoms with Crippen LogP contribution >= 0.6 is 0 Å². The fourth-order valence-corrected chi connectivity index (χ4v) is 1.87. The Hall–Kier alpha value is -2.63. The van der Waals surface area contributed by atoms with Gasteiger partial charge in [-0.25, -0.2) is 0 Å². The van der Waals surface area contributed by atoms with Crippen LogP contribution in [0.5, 0.6) is 0 Å². The van der Waals surface area contributed by atoms with Crippen molar-refractivity contribution in [3.05, 3.63) is 47.8 Å². The highest BCUT2D eigenvalue weighted by atomic mass is 16.4. The van der Waals surface area contributed by atoms with Crippen LogP contribution in [0.3, 0.4) is 0 Å². The van der Waals surface area contributed by atoms with E-state index < -0.39 is 5.97 Å². The lowest BCUT2D eigenvalue weighted by atomic mass is 10.1. The first-order valence-corrected chi connectivity index (χ1v) is 6.12. The smallest absolute Gasteiger partial charge is 0.325 e. The fraction of sp³-hybridized carbons (Fsp3) is 0.214. The molecule has 0 aliphatic rings. The zero-order valence-electron chi connectivity index (χ0n) is 11.0. The first-order valence-electron chi connectivity index (χ1n) is 6.12. The Bertz CT molecular complexity index is 634. The Balaban J connectivity index is 1.94. The maximum atomic E-state index is 11.9. The third-order valence-electron chi connectivity index (χ3n) is 2.66. The van der Waals surface area contributed by atoms with Gasteiger partial charge in [0.25, 0.3) is 0 Å². The number of carbonyl (C=O) groups excluding carboxylic acids is 1. The van der Waals surface area contributed by atoms with E-state index in [2.05, 4.69) is 10.4 Å². The van der Waals surface area contributed by atoms with E-state index in [4.69, 9.17) is 5.11 Å². The Morgan fingerprint density at radius 1 is 1.40 bits per heavy atom. The lowest BCUT2D eigenvalue weighted by Crippen LogP contribution is -2.14. The molecule has 0 aliphatic carbocycles. The van der Waals surface area contributed by atoms with Crippen molar-refractivity contribution in [2.45, 2.75) is 19.9 Å². The Morgan fingerprint density at radius 3 is 2.90 bits per heavy atom. The summed E-state index contributed by atoms with van der Waals surface area (Å²) in [6.45, 7) is 1.74. The lowest BCUT2D eigenvalue weighted by molar-refractivity contribution is -0.137. The monoisotopic (exact) mass is 273 g/mol. The van der Waals surface area contributed by atoms with Gasteiger partial charge in [-0.05, 0) is 12.5 Å². The Morgan fingerprint density at radius 2 is 2.20 bits per heavy atom. The molecular weight excluding hydrogens is 258 g/mol. The summed E-state index contributed by atoms with van der Waals surface area (Å²) in [5.41, 5.74) is 2.52. The molecule has 0 spiro atoms. The van der Waals surface area contributed by atoms with Crippen molar-refractivity contribution in [1.82, 2.24) is 9.78 Å². The first kappa shape index (κ1) is 13.8. The minimum absolute atomic E-state index is 0.162. The van der Waals surface area contributed by atoms with Crippen LogP contribution in [-0.2, 0) is 22.6 Å². The molecule has 1 aromatic carbocycles. The number of nitrogens with one attached hydrogen (secondary N) is 1. The molecule has 6 nitrogen and oxygen atoms in total. The van der Waals surface area contributed by atoms with Crippen LogP contribution in [0.4, 0.5) is 5.69 Å². The highest BCUT2D eigenvalue weighted by molar-refractivity contribution is 5.92. The maximum Gasteiger partial charge on any atom is 0.325 e. The number of aryl methyl sites for hydroxylation is 1. The third-order valence-corrected chi connectivity index (χ3v) is 2.66. The maximum absolute atomic E-state index is 11.9. The van der Waals surface area contributed by atoms with Crippen molar-refractivity contribution >= 4 is 17.6 Å². The number of amides is 1. The van der Waals surface area contributed by atoms with Crippen LogP contribution in [0, 0.1) is 6.92 Å². The summed E-state index contributed by atoms with van der Waals surface area (Å²) in [6, 6.07) is 7.72. The largest absolute Gasteiger partial charge is 0.480 e. The molecule has 1 aromatic heterocycles. The molecule has 6 heteroatoms. The van der Waals surface area contributed by atoms with Gasteiger partial charge in [-0.2, -0.15) is 5.10 Å². The van der Waals surface area contributed by atoms with Crippen LogP contribution in [0.25, 0.3) is 0 Å². The summed E-state index contributed by atoms with van der Waals surface area (Å²) >= 11 is 0. The average Bonchev–Trinajstić information content (AvgIpc) is 2.75. The van der Waals surface area contributed by atoms with Gasteiger partial charge in [-0.1, -0.05) is 29.8 Å². The number of rotatable bonds is 5. The molecule has 2 N–H and O–H groups in total. The van der Waals surface area contributed by atoms with E-state index >= 15 is 0 Å². The number of carbonyl (C=O) groups is 2. The van der Waals surface area contributed by atoms with Crippen molar-refractivity contribution in [3.63, 3.8) is 0 Å². The molecular formula is C14H15N3O3. The van der Waals surface area contributed by atoms with Crippen LogP contribution < -0.4 is 5.32 Å². The normalized spacial score (nSPS) is 10.2. The van der Waals surface area contributed by atoms with Crippen LogP contribution in [0.1, 0.15) is 11.1 Å². The molecule has 0 unspecified atom stereocenters. The molecule has 0 atom stereocenters. The van der Waals surface area contributed by atoms with Gasteiger partial charge in [0.05, 0.1) is 18.3 Å². The molecule has 0 saturated heterocycles. The highest BCUT2D eigenvalue weighted by Gasteiger charge is 2.07. The minimum Gasteiger partial charge on any atom is -0.480 e. The molecule has 2 aromatic rings. The number of hydrogen-bond acceptors (Lipinski definition) is 3. The molecule has 0 fully saturated rings. The number of carboxylic acids is 1. The van der Waals surface area contributed by atoms with Gasteiger partial charge >= 0.3 is 5.97 Å². The summed E-state index contributed by atoms with van der Waals surface area (Å²) in [6.07, 6.45) is 3.19. The van der Waals surface area contributed by atoms with E-state index in [0.29, 0.717) is 5.69 Å². The summed E-state index contributed by atoms with van der Waals surface area (Å²) in [5.74, 6) is -1.14. The van der Waals surface area contributed by atoms with Crippen LogP contribution in [0.15, 0.2) is 36.7 Å². The van der Waals surface area contributed by atoms with Crippen molar-refractivity contribution in [2.24, 2.45) is 0 Å². The van der Waals surface area contributed by atoms with E-state index in [1.54, 1.807) is 0 Å². The number of aromatic nitrogens is 2. The molecule has 20 heavy (non-hydrogen) atoms. The van der Waals surface area contributed by atoms with E-state index in [0.717, 1.165) is 11.1 Å². The van der Waals surface area contributed by atoms with Crippen molar-refractivity contribution < 1.29 is 14.7 Å². The average molecular weight is 273 g/mol. The molecule has 0 radical (unpaired) electrons. The third kappa shape index (κ3) is 3.94. The van der Waals surface area contributed by atoms with E-state index in [1.807, 2.05) is 31.2 Å². The second kappa shape index (κ2) is 6.01. The van der Waals surface area contributed by atoms with E-state index in [1.165, 1.54) is 17.1 Å².